The summed E-state index contributed by atoms with van der Waals surface area (Å²) in [6.45, 7) is 5.89. The van der Waals surface area contributed by atoms with Gasteiger partial charge in [-0.1, -0.05) is 30.3 Å². The number of carbonyl (C=O) groups is 2. The minimum atomic E-state index is -5.11. The molecule has 3 aliphatic rings. The molecule has 7 nitrogen and oxygen atoms in total. The highest BCUT2D eigenvalue weighted by molar-refractivity contribution is 5.95. The van der Waals surface area contributed by atoms with E-state index in [1.54, 1.807) is 25.1 Å². The van der Waals surface area contributed by atoms with E-state index in [0.717, 1.165) is 67.3 Å². The Morgan fingerprint density at radius 3 is 2.13 bits per heavy atom. The van der Waals surface area contributed by atoms with E-state index < -0.39 is 23.2 Å². The topological polar surface area (TPSA) is 67.3 Å². The molecule has 5 rings (SSSR count). The Bertz CT molecular complexity index is 1230. The largest absolute Gasteiger partial charge is 0.430 e. The zero-order chi connectivity index (χ0) is 28.2. The number of hydrogen-bond donors (Lipinski definition) is 1. The Hall–Kier alpha value is -3.11. The van der Waals surface area contributed by atoms with E-state index in [9.17, 15) is 27.9 Å². The molecule has 0 bridgehead atoms. The van der Waals surface area contributed by atoms with Crippen molar-refractivity contribution in [3.05, 3.63) is 65.2 Å². The lowest BCUT2D eigenvalue weighted by Crippen LogP contribution is -2.71. The van der Waals surface area contributed by atoms with Crippen molar-refractivity contribution in [3.63, 3.8) is 0 Å². The number of alkyl halides is 3. The van der Waals surface area contributed by atoms with Gasteiger partial charge < -0.3 is 19.8 Å². The maximum absolute atomic E-state index is 13.9. The van der Waals surface area contributed by atoms with E-state index >= 15 is 0 Å². The highest BCUT2D eigenvalue weighted by atomic mass is 19.4. The van der Waals surface area contributed by atoms with Crippen molar-refractivity contribution in [2.45, 2.75) is 37.6 Å². The van der Waals surface area contributed by atoms with Crippen molar-refractivity contribution >= 4 is 17.5 Å². The van der Waals surface area contributed by atoms with Crippen molar-refractivity contribution < 1.29 is 27.9 Å². The number of piperazine rings is 1. The summed E-state index contributed by atoms with van der Waals surface area (Å²) in [5, 5.41) is 10.6. The summed E-state index contributed by atoms with van der Waals surface area (Å²) in [6.07, 6.45) is -3.43. The first-order valence-corrected chi connectivity index (χ1v) is 13.3. The Kier molecular flexibility index (Phi) is 6.91. The quantitative estimate of drug-likeness (QED) is 0.626. The van der Waals surface area contributed by atoms with Crippen LogP contribution in [0.4, 0.5) is 18.9 Å². The molecule has 2 saturated heterocycles. The van der Waals surface area contributed by atoms with Gasteiger partial charge in [0.25, 0.3) is 17.4 Å². The lowest BCUT2D eigenvalue weighted by atomic mass is 9.59. The minimum Gasteiger partial charge on any atom is -0.369 e. The van der Waals surface area contributed by atoms with Crippen LogP contribution in [0.5, 0.6) is 0 Å². The van der Waals surface area contributed by atoms with Crippen molar-refractivity contribution in [2.75, 3.05) is 58.3 Å². The zero-order valence-corrected chi connectivity index (χ0v) is 22.5. The number of hydrogen-bond acceptors (Lipinski definition) is 5. The van der Waals surface area contributed by atoms with Crippen LogP contribution in [0.25, 0.3) is 0 Å². The van der Waals surface area contributed by atoms with Gasteiger partial charge in [-0.3, -0.25) is 14.5 Å². The second-order valence-corrected chi connectivity index (χ2v) is 11.5. The van der Waals surface area contributed by atoms with E-state index in [1.165, 1.54) is 12.1 Å². The fourth-order valence-electron chi connectivity index (χ4n) is 6.35. The molecule has 2 amide bonds. The predicted molar refractivity (Wildman–Crippen MR) is 141 cm³/mol. The van der Waals surface area contributed by atoms with E-state index in [0.29, 0.717) is 11.6 Å². The Labute approximate surface area is 226 Å². The molecule has 0 unspecified atom stereocenters. The monoisotopic (exact) mass is 544 g/mol. The normalized spacial score (nSPS) is 21.2. The fraction of sp³-hybridized carbons (Fsp3) is 0.517. The third-order valence-electron chi connectivity index (χ3n) is 8.63. The number of halogens is 3. The number of carbonyl (C=O) groups excluding carboxylic acids is 2. The van der Waals surface area contributed by atoms with Crippen LogP contribution in [0.1, 0.15) is 34.3 Å². The molecular formula is C29H35F3N4O3. The molecule has 0 aromatic heterocycles. The molecule has 1 N–H and O–H groups in total. The number of nitrogens with zero attached hydrogens (tertiary/aromatic N) is 4. The highest BCUT2D eigenvalue weighted by Gasteiger charge is 2.65. The average Bonchev–Trinajstić information content (AvgIpc) is 2.86. The van der Waals surface area contributed by atoms with Gasteiger partial charge >= 0.3 is 6.18 Å². The van der Waals surface area contributed by atoms with Crippen molar-refractivity contribution in [1.82, 2.24) is 14.7 Å². The van der Waals surface area contributed by atoms with E-state index in [4.69, 9.17) is 0 Å². The van der Waals surface area contributed by atoms with Gasteiger partial charge in [-0.15, -0.1) is 0 Å². The Balaban J connectivity index is 1.14. The van der Waals surface area contributed by atoms with Crippen LogP contribution in [0.15, 0.2) is 48.5 Å². The van der Waals surface area contributed by atoms with Crippen LogP contribution in [0.2, 0.25) is 0 Å². The molecule has 1 spiro atoms. The van der Waals surface area contributed by atoms with Gasteiger partial charge in [0, 0.05) is 81.6 Å². The SMILES string of the molecule is Cc1cc(N2CCN(C3CC4(C3)CN(C(=O)[C@@](O)(c3ccccc3)C(F)(F)F)C4)CC2)ccc1C(=O)N(C)C. The molecule has 1 atom stereocenters. The summed E-state index contributed by atoms with van der Waals surface area (Å²) in [5.41, 5.74) is -1.41. The Morgan fingerprint density at radius 1 is 0.974 bits per heavy atom. The molecule has 2 aliphatic heterocycles. The van der Waals surface area contributed by atoms with E-state index in [1.807, 2.05) is 19.1 Å². The minimum absolute atomic E-state index is 0.0119. The van der Waals surface area contributed by atoms with E-state index in [2.05, 4.69) is 15.9 Å². The lowest BCUT2D eigenvalue weighted by Gasteiger charge is -2.62. The number of benzene rings is 2. The maximum Gasteiger partial charge on any atom is 0.430 e. The number of rotatable bonds is 5. The van der Waals surface area contributed by atoms with Crippen LogP contribution in [-0.2, 0) is 10.4 Å². The van der Waals surface area contributed by atoms with Crippen LogP contribution in [-0.4, -0.2) is 97.2 Å². The second kappa shape index (κ2) is 9.82. The summed E-state index contributed by atoms with van der Waals surface area (Å²) >= 11 is 0. The van der Waals surface area contributed by atoms with Gasteiger partial charge in [0.15, 0.2) is 0 Å². The number of aliphatic hydroxyl groups is 1. The van der Waals surface area contributed by atoms with E-state index in [-0.39, 0.29) is 24.4 Å². The molecule has 2 aromatic carbocycles. The van der Waals surface area contributed by atoms with Crippen molar-refractivity contribution in [3.8, 4) is 0 Å². The second-order valence-electron chi connectivity index (χ2n) is 11.5. The van der Waals surface area contributed by atoms with Gasteiger partial charge in [-0.2, -0.15) is 13.2 Å². The summed E-state index contributed by atoms with van der Waals surface area (Å²) in [6, 6.07) is 12.9. The van der Waals surface area contributed by atoms with Gasteiger partial charge in [-0.25, -0.2) is 0 Å². The van der Waals surface area contributed by atoms with Crippen molar-refractivity contribution in [2.24, 2.45) is 5.41 Å². The summed E-state index contributed by atoms with van der Waals surface area (Å²) in [7, 11) is 3.48. The number of likely N-dealkylation sites (tertiary alicyclic amines) is 1. The lowest BCUT2D eigenvalue weighted by molar-refractivity contribution is -0.267. The van der Waals surface area contributed by atoms with Crippen LogP contribution < -0.4 is 4.90 Å². The summed E-state index contributed by atoms with van der Waals surface area (Å²) in [4.78, 5) is 32.7. The molecule has 3 fully saturated rings. The van der Waals surface area contributed by atoms with Gasteiger partial charge in [-0.05, 0) is 43.5 Å². The molecule has 1 saturated carbocycles. The van der Waals surface area contributed by atoms with Crippen LogP contribution in [0, 0.1) is 12.3 Å². The smallest absolute Gasteiger partial charge is 0.369 e. The third kappa shape index (κ3) is 4.78. The molecule has 39 heavy (non-hydrogen) atoms. The maximum atomic E-state index is 13.9. The van der Waals surface area contributed by atoms with Gasteiger partial charge in [0.2, 0.25) is 0 Å². The third-order valence-corrected chi connectivity index (χ3v) is 8.63. The first-order valence-electron chi connectivity index (χ1n) is 13.3. The molecule has 2 heterocycles. The first kappa shape index (κ1) is 27.5. The predicted octanol–water partition coefficient (Wildman–Crippen LogP) is 3.26. The number of anilines is 1. The average molecular weight is 545 g/mol. The molecule has 2 aromatic rings. The molecule has 0 radical (unpaired) electrons. The zero-order valence-electron chi connectivity index (χ0n) is 22.5. The fourth-order valence-corrected chi connectivity index (χ4v) is 6.35. The molecule has 210 valence electrons. The summed E-state index contributed by atoms with van der Waals surface area (Å²) < 4.78 is 41.7. The summed E-state index contributed by atoms with van der Waals surface area (Å²) in [5.74, 6) is -1.31. The Morgan fingerprint density at radius 2 is 1.59 bits per heavy atom. The van der Waals surface area contributed by atoms with Gasteiger partial charge in [0.05, 0.1) is 0 Å². The molecule has 1 aliphatic carbocycles. The van der Waals surface area contributed by atoms with Crippen molar-refractivity contribution in [1.29, 1.82) is 0 Å². The highest BCUT2D eigenvalue weighted by Crippen LogP contribution is 2.52. The number of aryl methyl sites for hydroxylation is 1. The van der Waals surface area contributed by atoms with Crippen LogP contribution >= 0.6 is 0 Å². The molecular weight excluding hydrogens is 509 g/mol. The molecule has 10 heteroatoms. The first-order chi connectivity index (χ1) is 18.3. The van der Waals surface area contributed by atoms with Gasteiger partial charge in [0.1, 0.15) is 0 Å². The standard InChI is InChI=1S/C29H35F3N4O3/c1-20-15-22(9-10-24(20)25(37)33(2)3)34-11-13-35(14-12-34)23-16-27(17-23)18-36(19-27)26(38)28(39,29(30,31)32)21-7-5-4-6-8-21/h4-10,15,23,39H,11-14,16-19H2,1-3H3/t28-/m0/s1. The number of amides is 2. The van der Waals surface area contributed by atoms with Crippen LogP contribution in [0.3, 0.4) is 0 Å².